The molecule has 0 aliphatic carbocycles. The van der Waals surface area contributed by atoms with Crippen LogP contribution in [0, 0.1) is 5.92 Å². The zero-order valence-electron chi connectivity index (χ0n) is 9.32. The average molecular weight is 229 g/mol. The van der Waals surface area contributed by atoms with Crippen LogP contribution >= 0.6 is 0 Å². The maximum atomic E-state index is 11.6. The number of carboxylic acid groups (broad SMARTS) is 1. The molecule has 6 nitrogen and oxygen atoms in total. The number of rotatable bonds is 4. The lowest BCUT2D eigenvalue weighted by Gasteiger charge is -2.30. The molecule has 1 rings (SSSR count). The number of hydrogen-bond acceptors (Lipinski definition) is 3. The molecule has 2 amide bonds. The Bertz CT molecular complexity index is 250. The van der Waals surface area contributed by atoms with Crippen LogP contribution in [0.5, 0.6) is 0 Å². The highest BCUT2D eigenvalue weighted by Gasteiger charge is 2.26. The monoisotopic (exact) mass is 229 g/mol. The van der Waals surface area contributed by atoms with E-state index in [-0.39, 0.29) is 11.9 Å². The third-order valence-electron chi connectivity index (χ3n) is 2.79. The molecule has 0 aromatic heterocycles. The summed E-state index contributed by atoms with van der Waals surface area (Å²) in [5.74, 6) is -1.06. The zero-order valence-corrected chi connectivity index (χ0v) is 9.32. The molecule has 1 heterocycles. The van der Waals surface area contributed by atoms with Gasteiger partial charge in [0.15, 0.2) is 0 Å². The van der Waals surface area contributed by atoms with Crippen molar-refractivity contribution in [3.05, 3.63) is 0 Å². The van der Waals surface area contributed by atoms with Crippen LogP contribution in [0.3, 0.4) is 0 Å². The molecule has 1 aliphatic rings. The van der Waals surface area contributed by atoms with Gasteiger partial charge in [-0.2, -0.15) is 0 Å². The molecule has 0 bridgehead atoms. The Balaban J connectivity index is 2.25. The summed E-state index contributed by atoms with van der Waals surface area (Å²) in [7, 11) is 0. The Labute approximate surface area is 94.8 Å². The number of nitrogens with zero attached hydrogens (tertiary/aromatic N) is 1. The van der Waals surface area contributed by atoms with E-state index in [1.807, 2.05) is 0 Å². The van der Waals surface area contributed by atoms with E-state index in [2.05, 4.69) is 5.32 Å². The number of carboxylic acids is 1. The van der Waals surface area contributed by atoms with E-state index in [1.54, 1.807) is 4.90 Å². The van der Waals surface area contributed by atoms with Gasteiger partial charge in [0.1, 0.15) is 0 Å². The van der Waals surface area contributed by atoms with E-state index in [0.29, 0.717) is 39.0 Å². The topological polar surface area (TPSA) is 95.7 Å². The highest BCUT2D eigenvalue weighted by atomic mass is 16.4. The van der Waals surface area contributed by atoms with Crippen LogP contribution in [0.25, 0.3) is 0 Å². The van der Waals surface area contributed by atoms with Crippen molar-refractivity contribution in [1.82, 2.24) is 10.2 Å². The van der Waals surface area contributed by atoms with Gasteiger partial charge in [0, 0.05) is 19.6 Å². The first-order valence-corrected chi connectivity index (χ1v) is 5.60. The van der Waals surface area contributed by atoms with Crippen molar-refractivity contribution in [2.75, 3.05) is 26.2 Å². The Morgan fingerprint density at radius 2 is 2.00 bits per heavy atom. The van der Waals surface area contributed by atoms with E-state index in [9.17, 15) is 9.59 Å². The Hall–Kier alpha value is -1.30. The standard InChI is InChI=1S/C10H19N3O3/c11-4-1-5-12-10(16)13-6-2-8(3-7-13)9(14)15/h8H,1-7,11H2,(H,12,16)(H,14,15). The molecule has 92 valence electrons. The minimum atomic E-state index is -0.761. The maximum Gasteiger partial charge on any atom is 0.317 e. The Kier molecular flexibility index (Phi) is 5.04. The highest BCUT2D eigenvalue weighted by Crippen LogP contribution is 2.16. The second kappa shape index (κ2) is 6.32. The van der Waals surface area contributed by atoms with Gasteiger partial charge in [0.2, 0.25) is 0 Å². The SMILES string of the molecule is NCCCNC(=O)N1CCC(C(=O)O)CC1. The lowest BCUT2D eigenvalue weighted by atomic mass is 9.97. The fourth-order valence-corrected chi connectivity index (χ4v) is 1.74. The molecule has 0 spiro atoms. The smallest absolute Gasteiger partial charge is 0.317 e. The van der Waals surface area contributed by atoms with Crippen molar-refractivity contribution < 1.29 is 14.7 Å². The van der Waals surface area contributed by atoms with Crippen LogP contribution < -0.4 is 11.1 Å². The minimum absolute atomic E-state index is 0.114. The number of likely N-dealkylation sites (tertiary alicyclic amines) is 1. The van der Waals surface area contributed by atoms with Crippen LogP contribution in [0.4, 0.5) is 4.79 Å². The fraction of sp³-hybridized carbons (Fsp3) is 0.800. The Morgan fingerprint density at radius 3 is 2.50 bits per heavy atom. The summed E-state index contributed by atoms with van der Waals surface area (Å²) in [4.78, 5) is 23.9. The quantitative estimate of drug-likeness (QED) is 0.584. The van der Waals surface area contributed by atoms with Crippen LogP contribution in [0.2, 0.25) is 0 Å². The van der Waals surface area contributed by atoms with Crippen LogP contribution in [-0.4, -0.2) is 48.2 Å². The number of nitrogens with one attached hydrogen (secondary N) is 1. The molecule has 0 aromatic rings. The molecule has 4 N–H and O–H groups in total. The van der Waals surface area contributed by atoms with Gasteiger partial charge in [-0.05, 0) is 25.8 Å². The number of urea groups is 1. The van der Waals surface area contributed by atoms with Crippen molar-refractivity contribution in [3.8, 4) is 0 Å². The molecular weight excluding hydrogens is 210 g/mol. The summed E-state index contributed by atoms with van der Waals surface area (Å²) >= 11 is 0. The highest BCUT2D eigenvalue weighted by molar-refractivity contribution is 5.75. The maximum absolute atomic E-state index is 11.6. The van der Waals surface area contributed by atoms with Gasteiger partial charge in [-0.15, -0.1) is 0 Å². The van der Waals surface area contributed by atoms with E-state index in [1.165, 1.54) is 0 Å². The summed E-state index contributed by atoms with van der Waals surface area (Å²) in [6, 6.07) is -0.114. The fourth-order valence-electron chi connectivity index (χ4n) is 1.74. The predicted octanol–water partition coefficient (Wildman–Crippen LogP) is -0.159. The number of hydrogen-bond donors (Lipinski definition) is 3. The van der Waals surface area contributed by atoms with E-state index < -0.39 is 5.97 Å². The summed E-state index contributed by atoms with van der Waals surface area (Å²) < 4.78 is 0. The van der Waals surface area contributed by atoms with Crippen molar-refractivity contribution in [3.63, 3.8) is 0 Å². The first-order valence-electron chi connectivity index (χ1n) is 5.60. The first-order chi connectivity index (χ1) is 7.65. The lowest BCUT2D eigenvalue weighted by Crippen LogP contribution is -2.45. The number of aliphatic carboxylic acids is 1. The van der Waals surface area contributed by atoms with Crippen molar-refractivity contribution >= 4 is 12.0 Å². The number of carbonyl (C=O) groups excluding carboxylic acids is 1. The molecule has 16 heavy (non-hydrogen) atoms. The molecular formula is C10H19N3O3. The van der Waals surface area contributed by atoms with Crippen molar-refractivity contribution in [2.24, 2.45) is 11.7 Å². The van der Waals surface area contributed by atoms with Gasteiger partial charge in [0.05, 0.1) is 5.92 Å². The summed E-state index contributed by atoms with van der Waals surface area (Å²) in [5.41, 5.74) is 5.31. The molecule has 0 radical (unpaired) electrons. The molecule has 0 unspecified atom stereocenters. The predicted molar refractivity (Wildman–Crippen MR) is 59.0 cm³/mol. The van der Waals surface area contributed by atoms with Gasteiger partial charge in [0.25, 0.3) is 0 Å². The van der Waals surface area contributed by atoms with E-state index in [0.717, 1.165) is 6.42 Å². The van der Waals surface area contributed by atoms with Crippen molar-refractivity contribution in [1.29, 1.82) is 0 Å². The molecule has 0 aromatic carbocycles. The van der Waals surface area contributed by atoms with Gasteiger partial charge < -0.3 is 21.1 Å². The number of piperidine rings is 1. The number of amides is 2. The van der Waals surface area contributed by atoms with Gasteiger partial charge in [-0.3, -0.25) is 4.79 Å². The molecule has 6 heteroatoms. The molecule has 0 saturated carbocycles. The summed E-state index contributed by atoms with van der Waals surface area (Å²) in [6.07, 6.45) is 1.84. The van der Waals surface area contributed by atoms with Crippen molar-refractivity contribution in [2.45, 2.75) is 19.3 Å². The molecule has 1 fully saturated rings. The van der Waals surface area contributed by atoms with E-state index >= 15 is 0 Å². The first kappa shape index (κ1) is 12.8. The van der Waals surface area contributed by atoms with Crippen LogP contribution in [-0.2, 0) is 4.79 Å². The lowest BCUT2D eigenvalue weighted by molar-refractivity contribution is -0.143. The largest absolute Gasteiger partial charge is 0.481 e. The number of nitrogens with two attached hydrogens (primary N) is 1. The van der Waals surface area contributed by atoms with Crippen LogP contribution in [0.1, 0.15) is 19.3 Å². The van der Waals surface area contributed by atoms with Gasteiger partial charge in [-0.1, -0.05) is 0 Å². The second-order valence-electron chi connectivity index (χ2n) is 3.97. The molecule has 1 saturated heterocycles. The van der Waals surface area contributed by atoms with Gasteiger partial charge in [-0.25, -0.2) is 4.79 Å². The van der Waals surface area contributed by atoms with Crippen LogP contribution in [0.15, 0.2) is 0 Å². The third kappa shape index (κ3) is 3.69. The van der Waals surface area contributed by atoms with E-state index in [4.69, 9.17) is 10.8 Å². The average Bonchev–Trinajstić information content (AvgIpc) is 2.29. The minimum Gasteiger partial charge on any atom is -0.481 e. The number of carbonyl (C=O) groups is 2. The van der Waals surface area contributed by atoms with Gasteiger partial charge >= 0.3 is 12.0 Å². The molecule has 0 atom stereocenters. The molecule has 1 aliphatic heterocycles. The summed E-state index contributed by atoms with van der Waals surface area (Å²) in [5, 5.41) is 11.6. The normalized spacial score (nSPS) is 17.2. The third-order valence-corrected chi connectivity index (χ3v) is 2.79. The summed E-state index contributed by atoms with van der Waals surface area (Å²) in [6.45, 7) is 2.17. The zero-order chi connectivity index (χ0) is 12.0. The second-order valence-corrected chi connectivity index (χ2v) is 3.97. The Morgan fingerprint density at radius 1 is 1.38 bits per heavy atom.